The van der Waals surface area contributed by atoms with Crippen LogP contribution in [0.3, 0.4) is 0 Å². The van der Waals surface area contributed by atoms with Crippen molar-refractivity contribution >= 4 is 33.2 Å². The number of nitrogens with zero attached hydrogens (tertiary/aromatic N) is 1. The molecule has 0 spiro atoms. The van der Waals surface area contributed by atoms with Gasteiger partial charge in [0.1, 0.15) is 0 Å². The van der Waals surface area contributed by atoms with Gasteiger partial charge in [-0.15, -0.1) is 11.3 Å². The van der Waals surface area contributed by atoms with E-state index in [0.29, 0.717) is 4.88 Å². The molecule has 1 aromatic carbocycles. The quantitative estimate of drug-likeness (QED) is 0.920. The molecule has 1 heterocycles. The first-order valence-electron chi connectivity index (χ1n) is 4.11. The fraction of sp³-hybridized carbons (Fsp3) is 0. The highest BCUT2D eigenvalue weighted by atomic mass is 79.9. The fourth-order valence-electron chi connectivity index (χ4n) is 1.23. The Morgan fingerprint density at radius 2 is 2.27 bits per heavy atom. The summed E-state index contributed by atoms with van der Waals surface area (Å²) < 4.78 is 0.921. The summed E-state index contributed by atoms with van der Waals surface area (Å²) >= 11 is 4.67. The molecule has 76 valence electrons. The van der Waals surface area contributed by atoms with E-state index in [1.54, 1.807) is 5.51 Å². The summed E-state index contributed by atoms with van der Waals surface area (Å²) in [6.45, 7) is 0. The van der Waals surface area contributed by atoms with Gasteiger partial charge in [0.15, 0.2) is 5.69 Å². The highest BCUT2D eigenvalue weighted by Crippen LogP contribution is 2.29. The van der Waals surface area contributed by atoms with Crippen molar-refractivity contribution in [2.45, 2.75) is 0 Å². The van der Waals surface area contributed by atoms with E-state index in [2.05, 4.69) is 20.9 Å². The molecule has 2 rings (SSSR count). The Morgan fingerprint density at radius 3 is 2.93 bits per heavy atom. The van der Waals surface area contributed by atoms with Crippen LogP contribution in [-0.4, -0.2) is 16.1 Å². The van der Waals surface area contributed by atoms with Crippen molar-refractivity contribution in [3.05, 3.63) is 39.9 Å². The van der Waals surface area contributed by atoms with Crippen LogP contribution in [0.5, 0.6) is 0 Å². The molecule has 0 saturated carbocycles. The predicted octanol–water partition coefficient (Wildman–Crippen LogP) is 3.27. The molecule has 0 aliphatic carbocycles. The molecule has 0 saturated heterocycles. The summed E-state index contributed by atoms with van der Waals surface area (Å²) in [6.07, 6.45) is 0. The zero-order valence-electron chi connectivity index (χ0n) is 7.48. The Bertz CT molecular complexity index is 510. The second-order valence-corrected chi connectivity index (χ2v) is 4.62. The van der Waals surface area contributed by atoms with Gasteiger partial charge >= 0.3 is 5.97 Å². The first-order chi connectivity index (χ1) is 7.18. The van der Waals surface area contributed by atoms with E-state index >= 15 is 0 Å². The minimum atomic E-state index is -0.994. The summed E-state index contributed by atoms with van der Waals surface area (Å²) in [4.78, 5) is 15.4. The van der Waals surface area contributed by atoms with Crippen molar-refractivity contribution in [1.82, 2.24) is 4.98 Å². The number of benzene rings is 1. The van der Waals surface area contributed by atoms with Crippen LogP contribution in [-0.2, 0) is 0 Å². The van der Waals surface area contributed by atoms with Crippen molar-refractivity contribution in [2.75, 3.05) is 0 Å². The summed E-state index contributed by atoms with van der Waals surface area (Å²) in [6, 6.07) is 7.50. The molecule has 0 bridgehead atoms. The topological polar surface area (TPSA) is 50.2 Å². The maximum Gasteiger partial charge on any atom is 0.356 e. The van der Waals surface area contributed by atoms with Gasteiger partial charge in [0.05, 0.1) is 10.4 Å². The smallest absolute Gasteiger partial charge is 0.356 e. The maximum absolute atomic E-state index is 10.9. The van der Waals surface area contributed by atoms with Crippen molar-refractivity contribution in [1.29, 1.82) is 0 Å². The Morgan fingerprint density at radius 1 is 1.47 bits per heavy atom. The molecule has 3 nitrogen and oxygen atoms in total. The Labute approximate surface area is 98.5 Å². The van der Waals surface area contributed by atoms with Crippen LogP contribution < -0.4 is 0 Å². The molecule has 0 atom stereocenters. The van der Waals surface area contributed by atoms with Crippen molar-refractivity contribution in [2.24, 2.45) is 0 Å². The molecule has 2 aromatic rings. The number of hydrogen-bond donors (Lipinski definition) is 1. The molecular formula is C10H6BrNO2S. The average molecular weight is 284 g/mol. The first kappa shape index (κ1) is 10.3. The summed E-state index contributed by atoms with van der Waals surface area (Å²) in [5, 5.41) is 8.92. The Balaban J connectivity index is 2.54. The SMILES string of the molecule is O=C(O)c1ncsc1-c1cccc(Br)c1. The third-order valence-corrected chi connectivity index (χ3v) is 3.23. The standard InChI is InChI=1S/C10H6BrNO2S/c11-7-3-1-2-6(4-7)9-8(10(13)14)12-5-15-9/h1-5H,(H,13,14). The Hall–Kier alpha value is -1.20. The second kappa shape index (κ2) is 4.12. The van der Waals surface area contributed by atoms with E-state index in [-0.39, 0.29) is 5.69 Å². The number of aromatic carboxylic acids is 1. The lowest BCUT2D eigenvalue weighted by molar-refractivity contribution is 0.0692. The van der Waals surface area contributed by atoms with E-state index in [9.17, 15) is 4.79 Å². The third kappa shape index (κ3) is 2.08. The van der Waals surface area contributed by atoms with Crippen LogP contribution in [0.25, 0.3) is 10.4 Å². The molecule has 0 fully saturated rings. The van der Waals surface area contributed by atoms with Crippen LogP contribution in [0.1, 0.15) is 10.5 Å². The zero-order valence-corrected chi connectivity index (χ0v) is 9.88. The van der Waals surface area contributed by atoms with E-state index in [1.807, 2.05) is 24.3 Å². The van der Waals surface area contributed by atoms with Gasteiger partial charge in [0.2, 0.25) is 0 Å². The van der Waals surface area contributed by atoms with Crippen LogP contribution in [0, 0.1) is 0 Å². The lowest BCUT2D eigenvalue weighted by Crippen LogP contribution is -1.98. The molecule has 0 amide bonds. The molecule has 0 aliphatic heterocycles. The number of carboxylic acid groups (broad SMARTS) is 1. The minimum absolute atomic E-state index is 0.109. The predicted molar refractivity (Wildman–Crippen MR) is 62.2 cm³/mol. The van der Waals surface area contributed by atoms with E-state index in [1.165, 1.54) is 11.3 Å². The number of carboxylic acids is 1. The van der Waals surface area contributed by atoms with Gasteiger partial charge < -0.3 is 5.11 Å². The molecule has 0 radical (unpaired) electrons. The number of halogens is 1. The van der Waals surface area contributed by atoms with Crippen molar-refractivity contribution in [3.8, 4) is 10.4 Å². The molecule has 1 N–H and O–H groups in total. The van der Waals surface area contributed by atoms with Crippen molar-refractivity contribution < 1.29 is 9.90 Å². The molecule has 0 aliphatic rings. The highest BCUT2D eigenvalue weighted by Gasteiger charge is 2.14. The number of aromatic nitrogens is 1. The highest BCUT2D eigenvalue weighted by molar-refractivity contribution is 9.10. The van der Waals surface area contributed by atoms with Gasteiger partial charge in [-0.05, 0) is 17.7 Å². The van der Waals surface area contributed by atoms with Crippen LogP contribution >= 0.6 is 27.3 Å². The molecular weight excluding hydrogens is 278 g/mol. The van der Waals surface area contributed by atoms with Crippen LogP contribution in [0.15, 0.2) is 34.2 Å². The fourth-order valence-corrected chi connectivity index (χ4v) is 2.41. The Kier molecular flexibility index (Phi) is 2.83. The summed E-state index contributed by atoms with van der Waals surface area (Å²) in [7, 11) is 0. The van der Waals surface area contributed by atoms with Gasteiger partial charge in [-0.25, -0.2) is 9.78 Å². The van der Waals surface area contributed by atoms with E-state index in [4.69, 9.17) is 5.11 Å². The number of hydrogen-bond acceptors (Lipinski definition) is 3. The molecule has 1 aromatic heterocycles. The maximum atomic E-state index is 10.9. The number of thiazole rings is 1. The van der Waals surface area contributed by atoms with Gasteiger partial charge in [-0.2, -0.15) is 0 Å². The first-order valence-corrected chi connectivity index (χ1v) is 5.78. The van der Waals surface area contributed by atoms with Gasteiger partial charge in [-0.1, -0.05) is 28.1 Å². The monoisotopic (exact) mass is 283 g/mol. The molecule has 5 heteroatoms. The zero-order chi connectivity index (χ0) is 10.8. The molecule has 0 unspecified atom stereocenters. The third-order valence-electron chi connectivity index (χ3n) is 1.86. The van der Waals surface area contributed by atoms with Gasteiger partial charge in [-0.3, -0.25) is 0 Å². The van der Waals surface area contributed by atoms with Crippen LogP contribution in [0.2, 0.25) is 0 Å². The molecule has 15 heavy (non-hydrogen) atoms. The van der Waals surface area contributed by atoms with Gasteiger partial charge in [0.25, 0.3) is 0 Å². The van der Waals surface area contributed by atoms with Crippen molar-refractivity contribution in [3.63, 3.8) is 0 Å². The lowest BCUT2D eigenvalue weighted by Gasteiger charge is -1.99. The summed E-state index contributed by atoms with van der Waals surface area (Å²) in [5.41, 5.74) is 2.52. The summed E-state index contributed by atoms with van der Waals surface area (Å²) in [5.74, 6) is -0.994. The number of rotatable bonds is 2. The van der Waals surface area contributed by atoms with E-state index in [0.717, 1.165) is 10.0 Å². The lowest BCUT2D eigenvalue weighted by atomic mass is 10.1. The van der Waals surface area contributed by atoms with Crippen LogP contribution in [0.4, 0.5) is 0 Å². The largest absolute Gasteiger partial charge is 0.476 e. The average Bonchev–Trinajstić information content (AvgIpc) is 2.65. The second-order valence-electron chi connectivity index (χ2n) is 2.85. The minimum Gasteiger partial charge on any atom is -0.476 e. The number of carbonyl (C=O) groups is 1. The van der Waals surface area contributed by atoms with Gasteiger partial charge in [0, 0.05) is 4.47 Å². The normalized spacial score (nSPS) is 10.2. The van der Waals surface area contributed by atoms with E-state index < -0.39 is 5.97 Å².